The molecule has 0 radical (unpaired) electrons. The lowest BCUT2D eigenvalue weighted by atomic mass is 10.0. The molecular weight excluding hydrogens is 231 g/mol. The first-order valence-electron chi connectivity index (χ1n) is 4.53. The zero-order valence-corrected chi connectivity index (χ0v) is 8.08. The number of hydrogen-bond donors (Lipinski definition) is 2. The number of alkyl halides is 3. The van der Waals surface area contributed by atoms with Gasteiger partial charge in [0.1, 0.15) is 0 Å². The number of amides is 1. The Labute approximate surface area is 88.6 Å². The quantitative estimate of drug-likeness (QED) is 0.729. The van der Waals surface area contributed by atoms with E-state index in [2.05, 4.69) is 0 Å². The zero-order valence-electron chi connectivity index (χ0n) is 8.08. The van der Waals surface area contributed by atoms with E-state index in [1.165, 1.54) is 0 Å². The molecule has 1 rings (SSSR count). The van der Waals surface area contributed by atoms with Crippen LogP contribution in [0.4, 0.5) is 13.2 Å². The Balaban J connectivity index is 2.49. The highest BCUT2D eigenvalue weighted by Gasteiger charge is 2.40. The van der Waals surface area contributed by atoms with E-state index in [1.54, 1.807) is 5.32 Å². The van der Waals surface area contributed by atoms with E-state index in [9.17, 15) is 22.8 Å². The molecule has 8 heteroatoms. The average Bonchev–Trinajstić information content (AvgIpc) is 2.16. The SMILES string of the molecule is O=C(O)C1CC(NC(=O)C(F)(F)F)CCO1. The smallest absolute Gasteiger partial charge is 0.471 e. The van der Waals surface area contributed by atoms with Crippen LogP contribution in [0.5, 0.6) is 0 Å². The molecule has 1 amide bonds. The summed E-state index contributed by atoms with van der Waals surface area (Å²) >= 11 is 0. The number of aliphatic carboxylic acids is 1. The van der Waals surface area contributed by atoms with Crippen LogP contribution < -0.4 is 5.32 Å². The van der Waals surface area contributed by atoms with Crippen LogP contribution in [0.3, 0.4) is 0 Å². The summed E-state index contributed by atoms with van der Waals surface area (Å²) in [5.74, 6) is -3.30. The van der Waals surface area contributed by atoms with Gasteiger partial charge in [-0.25, -0.2) is 4.79 Å². The first-order chi connectivity index (χ1) is 7.30. The number of nitrogens with one attached hydrogen (secondary N) is 1. The number of carbonyl (C=O) groups is 2. The molecule has 1 fully saturated rings. The fourth-order valence-corrected chi connectivity index (χ4v) is 1.37. The van der Waals surface area contributed by atoms with E-state index in [0.717, 1.165) is 0 Å². The Morgan fingerprint density at radius 2 is 2.00 bits per heavy atom. The highest BCUT2D eigenvalue weighted by Crippen LogP contribution is 2.18. The summed E-state index contributed by atoms with van der Waals surface area (Å²) in [6, 6.07) is -0.816. The molecule has 1 aliphatic heterocycles. The Morgan fingerprint density at radius 1 is 1.38 bits per heavy atom. The second kappa shape index (κ2) is 4.69. The number of carboxylic acids is 1. The van der Waals surface area contributed by atoms with E-state index >= 15 is 0 Å². The maximum absolute atomic E-state index is 11.9. The van der Waals surface area contributed by atoms with Gasteiger partial charge in [0.15, 0.2) is 6.10 Å². The van der Waals surface area contributed by atoms with Gasteiger partial charge in [0.05, 0.1) is 0 Å². The Bertz CT molecular complexity index is 291. The summed E-state index contributed by atoms with van der Waals surface area (Å²) < 4.78 is 40.5. The van der Waals surface area contributed by atoms with Gasteiger partial charge < -0.3 is 15.2 Å². The van der Waals surface area contributed by atoms with Gasteiger partial charge in [-0.3, -0.25) is 4.79 Å². The van der Waals surface area contributed by atoms with Crippen molar-refractivity contribution in [1.82, 2.24) is 5.32 Å². The van der Waals surface area contributed by atoms with Crippen LogP contribution in [-0.2, 0) is 14.3 Å². The first-order valence-corrected chi connectivity index (χ1v) is 4.53. The van der Waals surface area contributed by atoms with Crippen LogP contribution >= 0.6 is 0 Å². The maximum atomic E-state index is 11.9. The van der Waals surface area contributed by atoms with Gasteiger partial charge in [0, 0.05) is 19.1 Å². The molecule has 0 aromatic heterocycles. The largest absolute Gasteiger partial charge is 0.479 e. The van der Waals surface area contributed by atoms with E-state index < -0.39 is 30.2 Å². The molecule has 0 aromatic rings. The van der Waals surface area contributed by atoms with Gasteiger partial charge in [-0.1, -0.05) is 0 Å². The van der Waals surface area contributed by atoms with Gasteiger partial charge in [-0.15, -0.1) is 0 Å². The lowest BCUT2D eigenvalue weighted by Gasteiger charge is -2.27. The molecule has 0 aliphatic carbocycles. The number of hydrogen-bond acceptors (Lipinski definition) is 3. The molecule has 2 atom stereocenters. The third-order valence-electron chi connectivity index (χ3n) is 2.15. The van der Waals surface area contributed by atoms with E-state index in [-0.39, 0.29) is 19.4 Å². The van der Waals surface area contributed by atoms with Gasteiger partial charge in [-0.05, 0) is 6.42 Å². The average molecular weight is 241 g/mol. The molecule has 0 saturated carbocycles. The van der Waals surface area contributed by atoms with E-state index in [4.69, 9.17) is 9.84 Å². The monoisotopic (exact) mass is 241 g/mol. The fraction of sp³-hybridized carbons (Fsp3) is 0.750. The second-order valence-electron chi connectivity index (χ2n) is 3.39. The van der Waals surface area contributed by atoms with Gasteiger partial charge in [-0.2, -0.15) is 13.2 Å². The topological polar surface area (TPSA) is 75.6 Å². The summed E-state index contributed by atoms with van der Waals surface area (Å²) in [7, 11) is 0. The normalized spacial score (nSPS) is 26.2. The third-order valence-corrected chi connectivity index (χ3v) is 2.15. The van der Waals surface area contributed by atoms with Crippen LogP contribution in [0.1, 0.15) is 12.8 Å². The predicted octanol–water partition coefficient (Wildman–Crippen LogP) is 0.297. The summed E-state index contributed by atoms with van der Waals surface area (Å²) in [6.07, 6.45) is -6.09. The summed E-state index contributed by atoms with van der Waals surface area (Å²) in [4.78, 5) is 21.1. The minimum absolute atomic E-state index is 0.0137. The van der Waals surface area contributed by atoms with Crippen molar-refractivity contribution in [3.63, 3.8) is 0 Å². The van der Waals surface area contributed by atoms with Crippen LogP contribution in [0, 0.1) is 0 Å². The number of halogens is 3. The Hall–Kier alpha value is -1.31. The van der Waals surface area contributed by atoms with Crippen molar-refractivity contribution in [1.29, 1.82) is 0 Å². The number of rotatable bonds is 2. The van der Waals surface area contributed by atoms with Crippen molar-refractivity contribution in [2.45, 2.75) is 31.2 Å². The van der Waals surface area contributed by atoms with Crippen LogP contribution in [-0.4, -0.2) is 41.9 Å². The second-order valence-corrected chi connectivity index (χ2v) is 3.39. The van der Waals surface area contributed by atoms with Crippen molar-refractivity contribution in [2.75, 3.05) is 6.61 Å². The molecule has 16 heavy (non-hydrogen) atoms. The third kappa shape index (κ3) is 3.37. The molecule has 1 saturated heterocycles. The molecule has 5 nitrogen and oxygen atoms in total. The van der Waals surface area contributed by atoms with Gasteiger partial charge in [0.2, 0.25) is 0 Å². The molecular formula is C8H10F3NO4. The van der Waals surface area contributed by atoms with E-state index in [1.807, 2.05) is 0 Å². The van der Waals surface area contributed by atoms with Crippen molar-refractivity contribution < 1.29 is 32.6 Å². The van der Waals surface area contributed by atoms with Crippen LogP contribution in [0.2, 0.25) is 0 Å². The van der Waals surface area contributed by atoms with Crippen molar-refractivity contribution >= 4 is 11.9 Å². The fourth-order valence-electron chi connectivity index (χ4n) is 1.37. The summed E-state index contributed by atoms with van der Waals surface area (Å²) in [6.45, 7) is 0.0137. The lowest BCUT2D eigenvalue weighted by molar-refractivity contribution is -0.176. The molecule has 92 valence electrons. The van der Waals surface area contributed by atoms with E-state index in [0.29, 0.717) is 0 Å². The minimum Gasteiger partial charge on any atom is -0.479 e. The molecule has 2 N–H and O–H groups in total. The van der Waals surface area contributed by atoms with Gasteiger partial charge in [0.25, 0.3) is 0 Å². The molecule has 1 heterocycles. The van der Waals surface area contributed by atoms with Crippen molar-refractivity contribution in [2.24, 2.45) is 0 Å². The molecule has 0 aromatic carbocycles. The standard InChI is InChI=1S/C8H10F3NO4/c9-8(10,11)7(15)12-4-1-2-16-5(3-4)6(13)14/h4-5H,1-3H2,(H,12,15)(H,13,14). The highest BCUT2D eigenvalue weighted by molar-refractivity contribution is 5.82. The van der Waals surface area contributed by atoms with Crippen molar-refractivity contribution in [3.8, 4) is 0 Å². The molecule has 0 bridgehead atoms. The number of carbonyl (C=O) groups excluding carboxylic acids is 1. The van der Waals surface area contributed by atoms with Crippen LogP contribution in [0.15, 0.2) is 0 Å². The lowest BCUT2D eigenvalue weighted by Crippen LogP contribution is -2.48. The summed E-state index contributed by atoms with van der Waals surface area (Å²) in [5.41, 5.74) is 0. The van der Waals surface area contributed by atoms with Gasteiger partial charge >= 0.3 is 18.1 Å². The Morgan fingerprint density at radius 3 is 2.50 bits per heavy atom. The first kappa shape index (κ1) is 12.8. The highest BCUT2D eigenvalue weighted by atomic mass is 19.4. The maximum Gasteiger partial charge on any atom is 0.471 e. The number of ether oxygens (including phenoxy) is 1. The Kier molecular flexibility index (Phi) is 3.74. The summed E-state index contributed by atoms with van der Waals surface area (Å²) in [5, 5.41) is 10.3. The zero-order chi connectivity index (χ0) is 12.3. The minimum atomic E-state index is -4.95. The molecule has 2 unspecified atom stereocenters. The molecule has 1 aliphatic rings. The van der Waals surface area contributed by atoms with Crippen molar-refractivity contribution in [3.05, 3.63) is 0 Å². The number of carboxylic acid groups (broad SMARTS) is 1. The predicted molar refractivity (Wildman–Crippen MR) is 44.6 cm³/mol. The molecule has 0 spiro atoms. The van der Waals surface area contributed by atoms with Crippen LogP contribution in [0.25, 0.3) is 0 Å².